The Bertz CT molecular complexity index is 159. The first kappa shape index (κ1) is 14.4. The Morgan fingerprint density at radius 1 is 1.33 bits per heavy atom. The van der Waals surface area contributed by atoms with Crippen LogP contribution in [-0.4, -0.2) is 37.0 Å². The molecule has 1 N–H and O–H groups in total. The molecule has 15 heavy (non-hydrogen) atoms. The molecule has 0 fully saturated rings. The van der Waals surface area contributed by atoms with Gasteiger partial charge in [0.25, 0.3) is 0 Å². The van der Waals surface area contributed by atoms with E-state index in [-0.39, 0.29) is 12.4 Å². The Morgan fingerprint density at radius 2 is 2.07 bits per heavy atom. The second-order valence-corrected chi connectivity index (χ2v) is 3.42. The molecule has 0 aromatic heterocycles. The van der Waals surface area contributed by atoms with Gasteiger partial charge in [0.15, 0.2) is 0 Å². The molecule has 0 aromatic carbocycles. The van der Waals surface area contributed by atoms with Gasteiger partial charge in [-0.3, -0.25) is 4.79 Å². The maximum atomic E-state index is 11.0. The molecule has 0 rings (SSSR count). The quantitative estimate of drug-likeness (QED) is 0.471. The van der Waals surface area contributed by atoms with Crippen molar-refractivity contribution in [3.63, 3.8) is 0 Å². The molecule has 0 aromatic rings. The fourth-order valence-electron chi connectivity index (χ4n) is 1.08. The molecule has 0 aliphatic carbocycles. The summed E-state index contributed by atoms with van der Waals surface area (Å²) >= 11 is 0. The zero-order valence-corrected chi connectivity index (χ0v) is 9.70. The summed E-state index contributed by atoms with van der Waals surface area (Å²) in [6.45, 7) is 5.43. The Kier molecular flexibility index (Phi) is 9.52. The Morgan fingerprint density at radius 3 is 2.67 bits per heavy atom. The van der Waals surface area contributed by atoms with Crippen LogP contribution in [0.25, 0.3) is 0 Å². The minimum Gasteiger partial charge on any atom is -0.466 e. The zero-order chi connectivity index (χ0) is 11.5. The van der Waals surface area contributed by atoms with Crippen molar-refractivity contribution < 1.29 is 19.4 Å². The van der Waals surface area contributed by atoms with Gasteiger partial charge in [-0.1, -0.05) is 13.3 Å². The van der Waals surface area contributed by atoms with Crippen molar-refractivity contribution in [1.29, 1.82) is 0 Å². The van der Waals surface area contributed by atoms with Crippen LogP contribution in [0.4, 0.5) is 0 Å². The van der Waals surface area contributed by atoms with Crippen molar-refractivity contribution in [3.8, 4) is 0 Å². The van der Waals surface area contributed by atoms with Crippen LogP contribution in [0.2, 0.25) is 0 Å². The molecule has 4 heteroatoms. The topological polar surface area (TPSA) is 55.8 Å². The van der Waals surface area contributed by atoms with E-state index in [9.17, 15) is 9.90 Å². The highest BCUT2D eigenvalue weighted by Gasteiger charge is 2.10. The normalized spacial score (nSPS) is 12.5. The molecule has 0 aliphatic heterocycles. The van der Waals surface area contributed by atoms with Gasteiger partial charge in [-0.15, -0.1) is 0 Å². The molecule has 0 spiro atoms. The van der Waals surface area contributed by atoms with Crippen LogP contribution in [0.1, 0.15) is 39.5 Å². The van der Waals surface area contributed by atoms with Crippen LogP contribution in [0.15, 0.2) is 0 Å². The third-order valence-corrected chi connectivity index (χ3v) is 1.95. The number of unbranched alkanes of at least 4 members (excludes halogenated alkanes) is 1. The Labute approximate surface area is 91.6 Å². The largest absolute Gasteiger partial charge is 0.466 e. The lowest BCUT2D eigenvalue weighted by Gasteiger charge is -2.09. The smallest absolute Gasteiger partial charge is 0.308 e. The van der Waals surface area contributed by atoms with Gasteiger partial charge < -0.3 is 14.6 Å². The number of aliphatic hydroxyl groups excluding tert-OH is 1. The summed E-state index contributed by atoms with van der Waals surface area (Å²) in [5.41, 5.74) is 0. The summed E-state index contributed by atoms with van der Waals surface area (Å²) in [6, 6.07) is 0. The summed E-state index contributed by atoms with van der Waals surface area (Å²) in [6.07, 6.45) is 2.04. The average molecular weight is 218 g/mol. The fraction of sp³-hybridized carbons (Fsp3) is 0.909. The predicted octanol–water partition coefficient (Wildman–Crippen LogP) is 1.51. The first-order valence-electron chi connectivity index (χ1n) is 5.62. The standard InChI is InChI=1S/C11H22O4/c1-3-5-7-14-8-6-10(12)9-11(13)15-4-2/h10,12H,3-9H2,1-2H3/t10-/m1/s1. The minimum absolute atomic E-state index is 0.0605. The van der Waals surface area contributed by atoms with Crippen molar-refractivity contribution >= 4 is 5.97 Å². The van der Waals surface area contributed by atoms with Crippen molar-refractivity contribution in [2.24, 2.45) is 0 Å². The zero-order valence-electron chi connectivity index (χ0n) is 9.70. The Balaban J connectivity index is 3.32. The second-order valence-electron chi connectivity index (χ2n) is 3.42. The van der Waals surface area contributed by atoms with Crippen LogP contribution in [0.3, 0.4) is 0 Å². The lowest BCUT2D eigenvalue weighted by atomic mass is 10.2. The molecule has 0 saturated carbocycles. The van der Waals surface area contributed by atoms with Crippen molar-refractivity contribution in [2.75, 3.05) is 19.8 Å². The number of hydrogen-bond acceptors (Lipinski definition) is 4. The summed E-state index contributed by atoms with van der Waals surface area (Å²) in [5.74, 6) is -0.349. The van der Waals surface area contributed by atoms with Gasteiger partial charge in [0.1, 0.15) is 0 Å². The van der Waals surface area contributed by atoms with Gasteiger partial charge in [0.2, 0.25) is 0 Å². The molecular weight excluding hydrogens is 196 g/mol. The van der Waals surface area contributed by atoms with Gasteiger partial charge >= 0.3 is 5.97 Å². The summed E-state index contributed by atoms with van der Waals surface area (Å²) < 4.78 is 9.99. The number of carbonyl (C=O) groups is 1. The van der Waals surface area contributed by atoms with Gasteiger partial charge in [-0.25, -0.2) is 0 Å². The van der Waals surface area contributed by atoms with E-state index in [1.165, 1.54) is 0 Å². The van der Waals surface area contributed by atoms with Gasteiger partial charge in [0, 0.05) is 13.2 Å². The molecular formula is C11H22O4. The summed E-state index contributed by atoms with van der Waals surface area (Å²) in [4.78, 5) is 11.0. The molecule has 90 valence electrons. The lowest BCUT2D eigenvalue weighted by molar-refractivity contribution is -0.145. The average Bonchev–Trinajstić information content (AvgIpc) is 2.17. The highest BCUT2D eigenvalue weighted by Crippen LogP contribution is 2.01. The van der Waals surface area contributed by atoms with E-state index in [1.807, 2.05) is 0 Å². The highest BCUT2D eigenvalue weighted by molar-refractivity contribution is 5.69. The molecule has 0 heterocycles. The number of aliphatic hydroxyl groups is 1. The third kappa shape index (κ3) is 9.69. The number of carbonyl (C=O) groups excluding carboxylic acids is 1. The van der Waals surface area contributed by atoms with Crippen LogP contribution in [0.5, 0.6) is 0 Å². The van der Waals surface area contributed by atoms with E-state index in [0.29, 0.717) is 19.6 Å². The van der Waals surface area contributed by atoms with Crippen molar-refractivity contribution in [1.82, 2.24) is 0 Å². The number of ether oxygens (including phenoxy) is 2. The fourth-order valence-corrected chi connectivity index (χ4v) is 1.08. The Hall–Kier alpha value is -0.610. The van der Waals surface area contributed by atoms with Gasteiger partial charge in [0.05, 0.1) is 19.1 Å². The molecule has 0 amide bonds. The molecule has 0 unspecified atom stereocenters. The predicted molar refractivity (Wildman–Crippen MR) is 57.6 cm³/mol. The van der Waals surface area contributed by atoms with Crippen LogP contribution < -0.4 is 0 Å². The van der Waals surface area contributed by atoms with Crippen LogP contribution >= 0.6 is 0 Å². The first-order chi connectivity index (χ1) is 7.20. The molecule has 0 aliphatic rings. The SMILES string of the molecule is CCCCOCC[C@@H](O)CC(=O)OCC. The van der Waals surface area contributed by atoms with Crippen molar-refractivity contribution in [3.05, 3.63) is 0 Å². The van der Waals surface area contributed by atoms with E-state index < -0.39 is 6.10 Å². The summed E-state index contributed by atoms with van der Waals surface area (Å²) in [7, 11) is 0. The van der Waals surface area contributed by atoms with Crippen LogP contribution in [0, 0.1) is 0 Å². The molecule has 4 nitrogen and oxygen atoms in total. The number of hydrogen-bond donors (Lipinski definition) is 1. The van der Waals surface area contributed by atoms with E-state index >= 15 is 0 Å². The van der Waals surface area contributed by atoms with Gasteiger partial charge in [-0.05, 0) is 19.8 Å². The van der Waals surface area contributed by atoms with E-state index in [4.69, 9.17) is 9.47 Å². The first-order valence-corrected chi connectivity index (χ1v) is 5.62. The maximum absolute atomic E-state index is 11.0. The summed E-state index contributed by atoms with van der Waals surface area (Å²) in [5, 5.41) is 9.42. The number of esters is 1. The lowest BCUT2D eigenvalue weighted by Crippen LogP contribution is -2.17. The van der Waals surface area contributed by atoms with Gasteiger partial charge in [-0.2, -0.15) is 0 Å². The van der Waals surface area contributed by atoms with E-state index in [2.05, 4.69) is 6.92 Å². The maximum Gasteiger partial charge on any atom is 0.308 e. The molecule has 0 bridgehead atoms. The van der Waals surface area contributed by atoms with Crippen molar-refractivity contribution in [2.45, 2.75) is 45.6 Å². The molecule has 0 saturated heterocycles. The highest BCUT2D eigenvalue weighted by atomic mass is 16.5. The van der Waals surface area contributed by atoms with E-state index in [0.717, 1.165) is 19.4 Å². The molecule has 0 radical (unpaired) electrons. The number of rotatable bonds is 9. The minimum atomic E-state index is -0.648. The second kappa shape index (κ2) is 9.93. The monoisotopic (exact) mass is 218 g/mol. The third-order valence-electron chi connectivity index (χ3n) is 1.95. The molecule has 1 atom stereocenters. The van der Waals surface area contributed by atoms with E-state index in [1.54, 1.807) is 6.92 Å². The van der Waals surface area contributed by atoms with Crippen LogP contribution in [-0.2, 0) is 14.3 Å².